The molecule has 2 aromatic rings. The minimum absolute atomic E-state index is 0.135. The standard InChI is InChI=1S/C12H9Br2Cl2NS/c1-6(12-8(14)2-3-18-12)17-11-9(15)4-7(13)5-10(11)16/h2-6,17H,1H3. The largest absolute Gasteiger partial charge is 0.375 e. The number of hydrogen-bond acceptors (Lipinski definition) is 2. The van der Waals surface area contributed by atoms with Gasteiger partial charge in [0.05, 0.1) is 21.8 Å². The summed E-state index contributed by atoms with van der Waals surface area (Å²) in [6.45, 7) is 2.07. The van der Waals surface area contributed by atoms with E-state index in [-0.39, 0.29) is 6.04 Å². The first-order chi connectivity index (χ1) is 8.49. The zero-order valence-electron chi connectivity index (χ0n) is 9.31. The van der Waals surface area contributed by atoms with Gasteiger partial charge in [0, 0.05) is 13.8 Å². The fraction of sp³-hybridized carbons (Fsp3) is 0.167. The van der Waals surface area contributed by atoms with E-state index in [4.69, 9.17) is 23.2 Å². The Hall–Kier alpha value is 0.260. The van der Waals surface area contributed by atoms with E-state index in [1.165, 1.54) is 4.88 Å². The summed E-state index contributed by atoms with van der Waals surface area (Å²) >= 11 is 21.0. The molecule has 1 N–H and O–H groups in total. The zero-order chi connectivity index (χ0) is 13.3. The van der Waals surface area contributed by atoms with E-state index in [2.05, 4.69) is 44.1 Å². The van der Waals surface area contributed by atoms with Gasteiger partial charge in [0.2, 0.25) is 0 Å². The van der Waals surface area contributed by atoms with Gasteiger partial charge in [-0.1, -0.05) is 39.1 Å². The van der Waals surface area contributed by atoms with Crippen molar-refractivity contribution in [2.75, 3.05) is 5.32 Å². The predicted molar refractivity (Wildman–Crippen MR) is 88.2 cm³/mol. The molecule has 1 atom stereocenters. The van der Waals surface area contributed by atoms with Crippen molar-refractivity contribution in [3.05, 3.63) is 47.4 Å². The van der Waals surface area contributed by atoms with E-state index in [0.717, 1.165) is 14.6 Å². The Morgan fingerprint density at radius 2 is 1.83 bits per heavy atom. The number of hydrogen-bond donors (Lipinski definition) is 1. The van der Waals surface area contributed by atoms with Gasteiger partial charge >= 0.3 is 0 Å². The van der Waals surface area contributed by atoms with Gasteiger partial charge in [0.1, 0.15) is 0 Å². The fourth-order valence-electron chi connectivity index (χ4n) is 1.58. The van der Waals surface area contributed by atoms with Crippen molar-refractivity contribution in [3.63, 3.8) is 0 Å². The molecular weight excluding hydrogens is 421 g/mol. The molecule has 0 amide bonds. The van der Waals surface area contributed by atoms with Gasteiger partial charge in [-0.15, -0.1) is 11.3 Å². The number of halogens is 4. The Morgan fingerprint density at radius 3 is 2.33 bits per heavy atom. The van der Waals surface area contributed by atoms with E-state index in [9.17, 15) is 0 Å². The van der Waals surface area contributed by atoms with Crippen LogP contribution in [0.3, 0.4) is 0 Å². The summed E-state index contributed by atoms with van der Waals surface area (Å²) in [6, 6.07) is 5.82. The predicted octanol–water partition coefficient (Wildman–Crippen LogP) is 6.75. The van der Waals surface area contributed by atoms with Crippen molar-refractivity contribution in [2.24, 2.45) is 0 Å². The first-order valence-corrected chi connectivity index (χ1v) is 8.35. The Bertz CT molecular complexity index is 548. The molecule has 1 nitrogen and oxygen atoms in total. The molecule has 6 heteroatoms. The molecule has 0 bridgehead atoms. The van der Waals surface area contributed by atoms with Crippen LogP contribution in [0.2, 0.25) is 10.0 Å². The van der Waals surface area contributed by atoms with Crippen LogP contribution in [0, 0.1) is 0 Å². The van der Waals surface area contributed by atoms with Gasteiger partial charge in [-0.25, -0.2) is 0 Å². The Labute approximate surface area is 137 Å². The van der Waals surface area contributed by atoms with Crippen LogP contribution < -0.4 is 5.32 Å². The van der Waals surface area contributed by atoms with Crippen molar-refractivity contribution in [1.29, 1.82) is 0 Å². The average molecular weight is 430 g/mol. The maximum absolute atomic E-state index is 6.19. The topological polar surface area (TPSA) is 12.0 Å². The van der Waals surface area contributed by atoms with Crippen molar-refractivity contribution in [1.82, 2.24) is 0 Å². The van der Waals surface area contributed by atoms with Crippen LogP contribution in [0.15, 0.2) is 32.5 Å². The van der Waals surface area contributed by atoms with Gasteiger partial charge in [-0.05, 0) is 46.4 Å². The lowest BCUT2D eigenvalue weighted by atomic mass is 10.2. The molecule has 0 saturated heterocycles. The molecule has 0 radical (unpaired) electrons. The van der Waals surface area contributed by atoms with Crippen LogP contribution in [0.1, 0.15) is 17.8 Å². The maximum atomic E-state index is 6.19. The lowest BCUT2D eigenvalue weighted by Crippen LogP contribution is -2.06. The van der Waals surface area contributed by atoms with Gasteiger partial charge < -0.3 is 5.32 Å². The van der Waals surface area contributed by atoms with E-state index >= 15 is 0 Å². The summed E-state index contributed by atoms with van der Waals surface area (Å²) in [5, 5.41) is 6.60. The van der Waals surface area contributed by atoms with E-state index in [0.29, 0.717) is 10.0 Å². The molecule has 0 aliphatic rings. The summed E-state index contributed by atoms with van der Waals surface area (Å²) in [7, 11) is 0. The first kappa shape index (κ1) is 14.7. The number of nitrogens with one attached hydrogen (secondary N) is 1. The number of benzene rings is 1. The Balaban J connectivity index is 2.27. The van der Waals surface area contributed by atoms with Crippen molar-refractivity contribution in [3.8, 4) is 0 Å². The molecule has 2 rings (SSSR count). The Morgan fingerprint density at radius 1 is 1.22 bits per heavy atom. The highest BCUT2D eigenvalue weighted by atomic mass is 79.9. The van der Waals surface area contributed by atoms with Crippen LogP contribution >= 0.6 is 66.4 Å². The van der Waals surface area contributed by atoms with Crippen LogP contribution in [-0.4, -0.2) is 0 Å². The molecule has 0 aliphatic heterocycles. The molecule has 18 heavy (non-hydrogen) atoms. The third-order valence-corrected chi connectivity index (χ3v) is 5.51. The molecule has 1 unspecified atom stereocenters. The summed E-state index contributed by atoms with van der Waals surface area (Å²) in [5.74, 6) is 0. The normalized spacial score (nSPS) is 12.5. The molecule has 0 spiro atoms. The molecule has 1 aromatic carbocycles. The van der Waals surface area contributed by atoms with E-state index in [1.807, 2.05) is 23.6 Å². The third kappa shape index (κ3) is 3.23. The molecule has 1 aromatic heterocycles. The zero-order valence-corrected chi connectivity index (χ0v) is 14.8. The quantitative estimate of drug-likeness (QED) is 0.568. The molecule has 96 valence electrons. The van der Waals surface area contributed by atoms with Gasteiger partial charge in [-0.3, -0.25) is 0 Å². The minimum Gasteiger partial charge on any atom is -0.375 e. The Kier molecular flexibility index (Phi) is 5.00. The SMILES string of the molecule is CC(Nc1c(Cl)cc(Br)cc1Cl)c1sccc1Br. The molecule has 0 saturated carbocycles. The van der Waals surface area contributed by atoms with E-state index in [1.54, 1.807) is 11.3 Å². The molecular formula is C12H9Br2Cl2NS. The number of thiophene rings is 1. The van der Waals surface area contributed by atoms with Crippen LogP contribution in [0.5, 0.6) is 0 Å². The summed E-state index contributed by atoms with van der Waals surface area (Å²) in [4.78, 5) is 1.21. The number of rotatable bonds is 3. The highest BCUT2D eigenvalue weighted by Gasteiger charge is 2.14. The van der Waals surface area contributed by atoms with Crippen molar-refractivity contribution >= 4 is 72.1 Å². The maximum Gasteiger partial charge on any atom is 0.0724 e. The molecule has 0 aliphatic carbocycles. The molecule has 1 heterocycles. The second-order valence-electron chi connectivity index (χ2n) is 3.74. The lowest BCUT2D eigenvalue weighted by molar-refractivity contribution is 0.903. The van der Waals surface area contributed by atoms with Gasteiger partial charge in [-0.2, -0.15) is 0 Å². The highest BCUT2D eigenvalue weighted by Crippen LogP contribution is 2.38. The summed E-state index contributed by atoms with van der Waals surface area (Å²) in [5.41, 5.74) is 0.759. The summed E-state index contributed by atoms with van der Waals surface area (Å²) in [6.07, 6.45) is 0. The number of anilines is 1. The van der Waals surface area contributed by atoms with Crippen LogP contribution in [0.4, 0.5) is 5.69 Å². The lowest BCUT2D eigenvalue weighted by Gasteiger charge is -2.17. The van der Waals surface area contributed by atoms with Crippen LogP contribution in [-0.2, 0) is 0 Å². The van der Waals surface area contributed by atoms with Crippen LogP contribution in [0.25, 0.3) is 0 Å². The second-order valence-corrected chi connectivity index (χ2v) is 7.28. The minimum atomic E-state index is 0.135. The third-order valence-electron chi connectivity index (χ3n) is 2.41. The van der Waals surface area contributed by atoms with Crippen molar-refractivity contribution < 1.29 is 0 Å². The highest BCUT2D eigenvalue weighted by molar-refractivity contribution is 9.10. The second kappa shape index (κ2) is 6.14. The first-order valence-electron chi connectivity index (χ1n) is 5.13. The smallest absolute Gasteiger partial charge is 0.0724 e. The van der Waals surface area contributed by atoms with Gasteiger partial charge in [0.25, 0.3) is 0 Å². The van der Waals surface area contributed by atoms with E-state index < -0.39 is 0 Å². The molecule has 0 fully saturated rings. The van der Waals surface area contributed by atoms with Crippen molar-refractivity contribution in [2.45, 2.75) is 13.0 Å². The van der Waals surface area contributed by atoms with Gasteiger partial charge in [0.15, 0.2) is 0 Å². The average Bonchev–Trinajstić information content (AvgIpc) is 2.69. The fourth-order valence-corrected chi connectivity index (χ4v) is 4.62. The monoisotopic (exact) mass is 427 g/mol. The summed E-state index contributed by atoms with van der Waals surface area (Å²) < 4.78 is 1.96.